The summed E-state index contributed by atoms with van der Waals surface area (Å²) >= 11 is 0. The third-order valence-corrected chi connectivity index (χ3v) is 3.52. The molecule has 0 spiro atoms. The van der Waals surface area contributed by atoms with Gasteiger partial charge in [-0.3, -0.25) is 0 Å². The van der Waals surface area contributed by atoms with Crippen LogP contribution in [0, 0.1) is 6.92 Å². The monoisotopic (exact) mass is 269 g/mol. The van der Waals surface area contributed by atoms with Crippen LogP contribution in [0.5, 0.6) is 5.75 Å². The number of nitrogens with two attached hydrogens (primary N) is 1. The van der Waals surface area contributed by atoms with Gasteiger partial charge in [-0.25, -0.2) is 0 Å². The normalized spacial score (nSPS) is 12.4. The van der Waals surface area contributed by atoms with E-state index >= 15 is 0 Å². The van der Waals surface area contributed by atoms with Gasteiger partial charge < -0.3 is 10.5 Å². The summed E-state index contributed by atoms with van der Waals surface area (Å²) < 4.78 is 5.81. The van der Waals surface area contributed by atoms with Gasteiger partial charge in [0.2, 0.25) is 0 Å². The van der Waals surface area contributed by atoms with Crippen molar-refractivity contribution in [3.63, 3.8) is 0 Å². The van der Waals surface area contributed by atoms with Crippen LogP contribution in [0.2, 0.25) is 0 Å². The first-order chi connectivity index (χ1) is 9.58. The molecule has 2 heteroatoms. The highest BCUT2D eigenvalue weighted by atomic mass is 16.5. The van der Waals surface area contributed by atoms with Crippen LogP contribution >= 0.6 is 0 Å². The second kappa shape index (κ2) is 6.58. The minimum Gasteiger partial charge on any atom is -0.492 e. The molecule has 0 aliphatic carbocycles. The number of benzene rings is 2. The minimum absolute atomic E-state index is 0.0960. The standard InChI is InChI=1S/C18H23NO/c1-13(2)17-10-9-16(11-14(17)3)20-12-18(19)15-7-5-4-6-8-15/h4-11,13,18H,12,19H2,1-3H3. The van der Waals surface area contributed by atoms with Crippen molar-refractivity contribution >= 4 is 0 Å². The third-order valence-electron chi connectivity index (χ3n) is 3.52. The lowest BCUT2D eigenvalue weighted by Gasteiger charge is -2.15. The molecular formula is C18H23NO. The number of hydrogen-bond donors (Lipinski definition) is 1. The molecule has 0 saturated carbocycles. The largest absolute Gasteiger partial charge is 0.492 e. The summed E-state index contributed by atoms with van der Waals surface area (Å²) in [6.45, 7) is 7.02. The van der Waals surface area contributed by atoms with Gasteiger partial charge >= 0.3 is 0 Å². The molecule has 2 N–H and O–H groups in total. The van der Waals surface area contributed by atoms with E-state index in [1.54, 1.807) is 0 Å². The second-order valence-electron chi connectivity index (χ2n) is 5.50. The smallest absolute Gasteiger partial charge is 0.119 e. The first-order valence-electron chi connectivity index (χ1n) is 7.12. The van der Waals surface area contributed by atoms with E-state index in [1.165, 1.54) is 11.1 Å². The van der Waals surface area contributed by atoms with Gasteiger partial charge in [0, 0.05) is 0 Å². The van der Waals surface area contributed by atoms with Gasteiger partial charge in [-0.1, -0.05) is 50.2 Å². The molecular weight excluding hydrogens is 246 g/mol. The zero-order chi connectivity index (χ0) is 14.5. The maximum atomic E-state index is 6.13. The van der Waals surface area contributed by atoms with Crippen molar-refractivity contribution in [2.75, 3.05) is 6.61 Å². The summed E-state index contributed by atoms with van der Waals surface area (Å²) in [6.07, 6.45) is 0. The highest BCUT2D eigenvalue weighted by Crippen LogP contribution is 2.24. The van der Waals surface area contributed by atoms with Crippen LogP contribution < -0.4 is 10.5 Å². The van der Waals surface area contributed by atoms with Gasteiger partial charge in [0.15, 0.2) is 0 Å². The predicted molar refractivity (Wildman–Crippen MR) is 84.1 cm³/mol. The molecule has 0 heterocycles. The van der Waals surface area contributed by atoms with Gasteiger partial charge in [-0.15, -0.1) is 0 Å². The van der Waals surface area contributed by atoms with Gasteiger partial charge in [0.25, 0.3) is 0 Å². The Hall–Kier alpha value is -1.80. The molecule has 2 rings (SSSR count). The van der Waals surface area contributed by atoms with Gasteiger partial charge in [0.05, 0.1) is 6.04 Å². The number of aryl methyl sites for hydroxylation is 1. The van der Waals surface area contributed by atoms with Crippen molar-refractivity contribution in [2.24, 2.45) is 5.73 Å². The first-order valence-corrected chi connectivity index (χ1v) is 7.12. The Kier molecular flexibility index (Phi) is 4.80. The number of rotatable bonds is 5. The fraction of sp³-hybridized carbons (Fsp3) is 0.333. The summed E-state index contributed by atoms with van der Waals surface area (Å²) in [6, 6.07) is 16.2. The summed E-state index contributed by atoms with van der Waals surface area (Å²) in [5.74, 6) is 1.42. The number of ether oxygens (including phenoxy) is 1. The lowest BCUT2D eigenvalue weighted by Crippen LogP contribution is -2.18. The molecule has 0 amide bonds. The molecule has 0 fully saturated rings. The molecule has 0 bridgehead atoms. The molecule has 2 aromatic carbocycles. The molecule has 106 valence electrons. The lowest BCUT2D eigenvalue weighted by atomic mass is 9.98. The second-order valence-corrected chi connectivity index (χ2v) is 5.50. The van der Waals surface area contributed by atoms with E-state index in [4.69, 9.17) is 10.5 Å². The molecule has 1 unspecified atom stereocenters. The van der Waals surface area contributed by atoms with E-state index in [1.807, 2.05) is 36.4 Å². The highest BCUT2D eigenvalue weighted by Gasteiger charge is 2.08. The van der Waals surface area contributed by atoms with Crippen molar-refractivity contribution in [3.8, 4) is 5.75 Å². The van der Waals surface area contributed by atoms with Crippen LogP contribution in [-0.2, 0) is 0 Å². The van der Waals surface area contributed by atoms with Crippen molar-refractivity contribution < 1.29 is 4.74 Å². The quantitative estimate of drug-likeness (QED) is 0.883. The van der Waals surface area contributed by atoms with Gasteiger partial charge in [-0.05, 0) is 41.7 Å². The minimum atomic E-state index is -0.0960. The van der Waals surface area contributed by atoms with Crippen LogP contribution in [0.3, 0.4) is 0 Å². The Morgan fingerprint density at radius 3 is 2.35 bits per heavy atom. The molecule has 0 radical (unpaired) electrons. The van der Waals surface area contributed by atoms with E-state index in [9.17, 15) is 0 Å². The SMILES string of the molecule is Cc1cc(OCC(N)c2ccccc2)ccc1C(C)C. The molecule has 0 aliphatic heterocycles. The Bertz CT molecular complexity index is 549. The maximum Gasteiger partial charge on any atom is 0.119 e. The summed E-state index contributed by atoms with van der Waals surface area (Å²) in [4.78, 5) is 0. The van der Waals surface area contributed by atoms with E-state index < -0.39 is 0 Å². The average Bonchev–Trinajstić information content (AvgIpc) is 2.45. The van der Waals surface area contributed by atoms with Crippen LogP contribution in [0.1, 0.15) is 42.5 Å². The average molecular weight is 269 g/mol. The third kappa shape index (κ3) is 3.61. The first kappa shape index (κ1) is 14.6. The maximum absolute atomic E-state index is 6.13. The van der Waals surface area contributed by atoms with Crippen molar-refractivity contribution in [2.45, 2.75) is 32.7 Å². The van der Waals surface area contributed by atoms with Crippen LogP contribution in [0.4, 0.5) is 0 Å². The van der Waals surface area contributed by atoms with Gasteiger partial charge in [0.1, 0.15) is 12.4 Å². The van der Waals surface area contributed by atoms with Crippen molar-refractivity contribution in [1.29, 1.82) is 0 Å². The fourth-order valence-electron chi connectivity index (χ4n) is 2.37. The molecule has 0 aliphatic rings. The van der Waals surface area contributed by atoms with Crippen molar-refractivity contribution in [3.05, 3.63) is 65.2 Å². The summed E-state index contributed by atoms with van der Waals surface area (Å²) in [7, 11) is 0. The zero-order valence-electron chi connectivity index (χ0n) is 12.5. The molecule has 1 atom stereocenters. The Morgan fingerprint density at radius 1 is 1.05 bits per heavy atom. The Balaban J connectivity index is 1.99. The van der Waals surface area contributed by atoms with E-state index in [0.29, 0.717) is 12.5 Å². The van der Waals surface area contributed by atoms with Crippen LogP contribution in [0.25, 0.3) is 0 Å². The summed E-state index contributed by atoms with van der Waals surface area (Å²) in [5, 5.41) is 0. The fourth-order valence-corrected chi connectivity index (χ4v) is 2.37. The Morgan fingerprint density at radius 2 is 1.75 bits per heavy atom. The summed E-state index contributed by atoms with van der Waals surface area (Å²) in [5.41, 5.74) is 9.87. The molecule has 20 heavy (non-hydrogen) atoms. The van der Waals surface area contributed by atoms with Crippen molar-refractivity contribution in [1.82, 2.24) is 0 Å². The van der Waals surface area contributed by atoms with Crippen LogP contribution in [-0.4, -0.2) is 6.61 Å². The lowest BCUT2D eigenvalue weighted by molar-refractivity contribution is 0.290. The van der Waals surface area contributed by atoms with Gasteiger partial charge in [-0.2, -0.15) is 0 Å². The number of hydrogen-bond acceptors (Lipinski definition) is 2. The van der Waals surface area contributed by atoms with E-state index in [2.05, 4.69) is 32.9 Å². The zero-order valence-corrected chi connectivity index (χ0v) is 12.5. The topological polar surface area (TPSA) is 35.2 Å². The van der Waals surface area contributed by atoms with Crippen LogP contribution in [0.15, 0.2) is 48.5 Å². The Labute approximate surface area is 121 Å². The highest BCUT2D eigenvalue weighted by molar-refractivity contribution is 5.36. The molecule has 2 nitrogen and oxygen atoms in total. The molecule has 0 aromatic heterocycles. The predicted octanol–water partition coefficient (Wildman–Crippen LogP) is 4.20. The molecule has 2 aromatic rings. The van der Waals surface area contributed by atoms with E-state index in [-0.39, 0.29) is 6.04 Å². The van der Waals surface area contributed by atoms with E-state index in [0.717, 1.165) is 11.3 Å². The molecule has 0 saturated heterocycles.